The maximum atomic E-state index is 12.2. The fourth-order valence-corrected chi connectivity index (χ4v) is 4.34. The molecule has 2 N–H and O–H groups in total. The molecule has 0 radical (unpaired) electrons. The second-order valence-corrected chi connectivity index (χ2v) is 7.45. The van der Waals surface area contributed by atoms with Crippen LogP contribution in [0.5, 0.6) is 0 Å². The summed E-state index contributed by atoms with van der Waals surface area (Å²) in [5.74, 6) is 0. The van der Waals surface area contributed by atoms with Crippen LogP contribution in [0.4, 0.5) is 4.79 Å². The minimum atomic E-state index is -0.0891. The highest BCUT2D eigenvalue weighted by Crippen LogP contribution is 2.27. The standard InChI is InChI=1S/C17H27N3O2S/c1-13(15-6-4-10-22-15)19-17(21)18-12-14(16-7-5-11-23-16)20-8-2-3-9-20/h5,7,11,13-15H,2-4,6,8-10,12H2,1H3,(H2,18,19,21)/t13-,14+,15-/m0/s1. The molecule has 128 valence electrons. The van der Waals surface area contributed by atoms with Gasteiger partial charge in [0.2, 0.25) is 0 Å². The van der Waals surface area contributed by atoms with Crippen molar-refractivity contribution < 1.29 is 9.53 Å². The molecule has 0 spiro atoms. The summed E-state index contributed by atoms with van der Waals surface area (Å²) >= 11 is 1.77. The predicted octanol–water partition coefficient (Wildman–Crippen LogP) is 2.75. The fraction of sp³-hybridized carbons (Fsp3) is 0.706. The Hall–Kier alpha value is -1.11. The maximum absolute atomic E-state index is 12.2. The average molecular weight is 337 g/mol. The molecule has 3 atom stereocenters. The first-order valence-corrected chi connectivity index (χ1v) is 9.55. The molecular weight excluding hydrogens is 310 g/mol. The number of hydrogen-bond donors (Lipinski definition) is 2. The molecular formula is C17H27N3O2S. The van der Waals surface area contributed by atoms with Gasteiger partial charge in [-0.1, -0.05) is 6.07 Å². The van der Waals surface area contributed by atoms with Crippen LogP contribution in [0, 0.1) is 0 Å². The lowest BCUT2D eigenvalue weighted by molar-refractivity contribution is 0.0859. The van der Waals surface area contributed by atoms with Crippen LogP contribution in [0.2, 0.25) is 0 Å². The smallest absolute Gasteiger partial charge is 0.315 e. The van der Waals surface area contributed by atoms with E-state index in [2.05, 4.69) is 33.0 Å². The Bertz CT molecular complexity index is 482. The molecule has 2 amide bonds. The Kier molecular flexibility index (Phi) is 5.91. The number of amides is 2. The lowest BCUT2D eigenvalue weighted by atomic mass is 10.1. The van der Waals surface area contributed by atoms with Gasteiger partial charge in [-0.05, 0) is 57.1 Å². The van der Waals surface area contributed by atoms with E-state index in [0.717, 1.165) is 32.5 Å². The van der Waals surface area contributed by atoms with Gasteiger partial charge in [-0.2, -0.15) is 0 Å². The van der Waals surface area contributed by atoms with Crippen LogP contribution in [0.1, 0.15) is 43.5 Å². The molecule has 3 heterocycles. The quantitative estimate of drug-likeness (QED) is 0.839. The zero-order valence-electron chi connectivity index (χ0n) is 13.8. The van der Waals surface area contributed by atoms with Crippen LogP contribution < -0.4 is 10.6 Å². The van der Waals surface area contributed by atoms with E-state index in [1.165, 1.54) is 17.7 Å². The molecule has 2 aliphatic heterocycles. The molecule has 0 bridgehead atoms. The van der Waals surface area contributed by atoms with Crippen LogP contribution >= 0.6 is 11.3 Å². The number of thiophene rings is 1. The number of nitrogens with zero attached hydrogens (tertiary/aromatic N) is 1. The highest BCUT2D eigenvalue weighted by atomic mass is 32.1. The summed E-state index contributed by atoms with van der Waals surface area (Å²) in [6.45, 7) is 5.74. The van der Waals surface area contributed by atoms with Crippen molar-refractivity contribution in [3.8, 4) is 0 Å². The highest BCUT2D eigenvalue weighted by Gasteiger charge is 2.26. The summed E-state index contributed by atoms with van der Waals surface area (Å²) in [6, 6.07) is 4.52. The zero-order chi connectivity index (χ0) is 16.1. The van der Waals surface area contributed by atoms with Crippen molar-refractivity contribution in [1.29, 1.82) is 0 Å². The van der Waals surface area contributed by atoms with Crippen LogP contribution in [0.15, 0.2) is 17.5 Å². The third kappa shape index (κ3) is 4.46. The summed E-state index contributed by atoms with van der Waals surface area (Å²) in [5.41, 5.74) is 0. The predicted molar refractivity (Wildman–Crippen MR) is 92.8 cm³/mol. The summed E-state index contributed by atoms with van der Waals surface area (Å²) in [7, 11) is 0. The van der Waals surface area contributed by atoms with Crippen molar-refractivity contribution in [2.24, 2.45) is 0 Å². The van der Waals surface area contributed by atoms with Crippen LogP contribution in [0.25, 0.3) is 0 Å². The third-order valence-electron chi connectivity index (χ3n) is 4.79. The fourth-order valence-electron chi connectivity index (χ4n) is 3.48. The molecule has 1 aromatic rings. The number of ether oxygens (including phenoxy) is 1. The van der Waals surface area contributed by atoms with Gasteiger partial charge in [0, 0.05) is 18.0 Å². The van der Waals surface area contributed by atoms with E-state index in [1.807, 2.05) is 6.92 Å². The van der Waals surface area contributed by atoms with E-state index in [-0.39, 0.29) is 18.2 Å². The van der Waals surface area contributed by atoms with Gasteiger partial charge >= 0.3 is 6.03 Å². The molecule has 0 aromatic carbocycles. The maximum Gasteiger partial charge on any atom is 0.315 e. The first-order valence-electron chi connectivity index (χ1n) is 8.67. The van der Waals surface area contributed by atoms with Crippen molar-refractivity contribution >= 4 is 17.4 Å². The van der Waals surface area contributed by atoms with E-state index in [9.17, 15) is 4.79 Å². The second-order valence-electron chi connectivity index (χ2n) is 6.47. The number of hydrogen-bond acceptors (Lipinski definition) is 4. The van der Waals surface area contributed by atoms with Crippen molar-refractivity contribution in [2.75, 3.05) is 26.2 Å². The monoisotopic (exact) mass is 337 g/mol. The first kappa shape index (κ1) is 16.7. The minimum Gasteiger partial charge on any atom is -0.376 e. The van der Waals surface area contributed by atoms with Crippen molar-refractivity contribution in [1.82, 2.24) is 15.5 Å². The van der Waals surface area contributed by atoms with Gasteiger partial charge in [-0.3, -0.25) is 4.90 Å². The van der Waals surface area contributed by atoms with Gasteiger partial charge in [0.1, 0.15) is 0 Å². The van der Waals surface area contributed by atoms with Crippen molar-refractivity contribution in [3.05, 3.63) is 22.4 Å². The molecule has 0 unspecified atom stereocenters. The Labute approximate surface area is 142 Å². The second kappa shape index (κ2) is 8.13. The number of carbonyl (C=O) groups excluding carboxylic acids is 1. The molecule has 6 heteroatoms. The summed E-state index contributed by atoms with van der Waals surface area (Å²) in [4.78, 5) is 16.0. The summed E-state index contributed by atoms with van der Waals surface area (Å²) in [5, 5.41) is 8.19. The summed E-state index contributed by atoms with van der Waals surface area (Å²) in [6.07, 6.45) is 4.79. The van der Waals surface area contributed by atoms with E-state index >= 15 is 0 Å². The SMILES string of the molecule is C[C@H](NC(=O)NC[C@H](c1cccs1)N1CCCC1)[C@@H]1CCCO1. The van der Waals surface area contributed by atoms with Gasteiger partial charge in [-0.15, -0.1) is 11.3 Å². The number of urea groups is 1. The summed E-state index contributed by atoms with van der Waals surface area (Å²) < 4.78 is 5.63. The van der Waals surface area contributed by atoms with E-state index < -0.39 is 0 Å². The van der Waals surface area contributed by atoms with Crippen molar-refractivity contribution in [3.63, 3.8) is 0 Å². The van der Waals surface area contributed by atoms with Crippen LogP contribution in [-0.4, -0.2) is 49.3 Å². The minimum absolute atomic E-state index is 0.0597. The molecule has 0 aliphatic carbocycles. The third-order valence-corrected chi connectivity index (χ3v) is 5.76. The van der Waals surface area contributed by atoms with Gasteiger partial charge in [0.15, 0.2) is 0 Å². The molecule has 1 aromatic heterocycles. The molecule has 0 saturated carbocycles. The lowest BCUT2D eigenvalue weighted by Crippen LogP contribution is -2.47. The number of carbonyl (C=O) groups is 1. The normalized spacial score (nSPS) is 24.5. The Morgan fingerprint density at radius 2 is 2.26 bits per heavy atom. The van der Waals surface area contributed by atoms with Gasteiger partial charge < -0.3 is 15.4 Å². The molecule has 2 aliphatic rings. The Balaban J connectivity index is 1.50. The largest absolute Gasteiger partial charge is 0.376 e. The molecule has 2 fully saturated rings. The molecule has 5 nitrogen and oxygen atoms in total. The Morgan fingerprint density at radius 1 is 1.43 bits per heavy atom. The average Bonchev–Trinajstić information content (AvgIpc) is 3.30. The number of nitrogens with one attached hydrogen (secondary N) is 2. The van der Waals surface area contributed by atoms with Gasteiger partial charge in [0.05, 0.1) is 18.2 Å². The van der Waals surface area contributed by atoms with Crippen LogP contribution in [0.3, 0.4) is 0 Å². The number of rotatable bonds is 6. The van der Waals surface area contributed by atoms with Crippen LogP contribution in [-0.2, 0) is 4.74 Å². The number of likely N-dealkylation sites (tertiary alicyclic amines) is 1. The van der Waals surface area contributed by atoms with Gasteiger partial charge in [0.25, 0.3) is 0 Å². The van der Waals surface area contributed by atoms with Gasteiger partial charge in [-0.25, -0.2) is 4.79 Å². The Morgan fingerprint density at radius 3 is 2.91 bits per heavy atom. The topological polar surface area (TPSA) is 53.6 Å². The van der Waals surface area contributed by atoms with E-state index in [0.29, 0.717) is 12.6 Å². The van der Waals surface area contributed by atoms with E-state index in [4.69, 9.17) is 4.74 Å². The van der Waals surface area contributed by atoms with E-state index in [1.54, 1.807) is 11.3 Å². The molecule has 23 heavy (non-hydrogen) atoms. The van der Waals surface area contributed by atoms with Crippen molar-refractivity contribution in [2.45, 2.75) is 50.8 Å². The lowest BCUT2D eigenvalue weighted by Gasteiger charge is -2.27. The molecule has 3 rings (SSSR count). The molecule has 2 saturated heterocycles. The first-order chi connectivity index (χ1) is 11.2. The zero-order valence-corrected chi connectivity index (χ0v) is 14.6. The highest BCUT2D eigenvalue weighted by molar-refractivity contribution is 7.10.